The number of aromatic nitrogens is 2. The first kappa shape index (κ1) is 13.7. The van der Waals surface area contributed by atoms with E-state index in [-0.39, 0.29) is 6.04 Å². The Hall–Kier alpha value is -1.74. The Morgan fingerprint density at radius 3 is 2.37 bits per heavy atom. The number of hydrogen-bond acceptors (Lipinski definition) is 3. The van der Waals surface area contributed by atoms with Crippen LogP contribution in [0.4, 0.5) is 0 Å². The van der Waals surface area contributed by atoms with Gasteiger partial charge in [0.15, 0.2) is 0 Å². The highest BCUT2D eigenvalue weighted by molar-refractivity contribution is 5.35. The third-order valence-electron chi connectivity index (χ3n) is 3.37. The molecule has 1 aromatic carbocycles. The van der Waals surface area contributed by atoms with E-state index in [1.807, 2.05) is 14.0 Å². The fraction of sp³-hybridized carbons (Fsp3) is 0.375. The summed E-state index contributed by atoms with van der Waals surface area (Å²) in [5, 5.41) is 11.9. The predicted molar refractivity (Wildman–Crippen MR) is 78.2 cm³/mol. The molecule has 0 bridgehead atoms. The lowest BCUT2D eigenvalue weighted by molar-refractivity contribution is 0.669. The van der Waals surface area contributed by atoms with Crippen LogP contribution < -0.4 is 5.32 Å². The topological polar surface area (TPSA) is 37.8 Å². The average Bonchev–Trinajstić information content (AvgIpc) is 2.42. The Morgan fingerprint density at radius 2 is 1.79 bits per heavy atom. The molecule has 19 heavy (non-hydrogen) atoms. The van der Waals surface area contributed by atoms with Crippen LogP contribution in [0.1, 0.15) is 41.0 Å². The number of nitrogens with one attached hydrogen (secondary N) is 1. The van der Waals surface area contributed by atoms with Crippen molar-refractivity contribution >= 4 is 0 Å². The molecule has 1 atom stereocenters. The third-order valence-corrected chi connectivity index (χ3v) is 3.37. The van der Waals surface area contributed by atoms with Crippen LogP contribution in [0.5, 0.6) is 0 Å². The van der Waals surface area contributed by atoms with E-state index in [1.165, 1.54) is 16.7 Å². The second-order valence-electron chi connectivity index (χ2n) is 4.87. The molecule has 0 saturated heterocycles. The molecule has 3 nitrogen and oxygen atoms in total. The highest BCUT2D eigenvalue weighted by Crippen LogP contribution is 2.24. The number of aryl methyl sites for hydroxylation is 3. The van der Waals surface area contributed by atoms with E-state index >= 15 is 0 Å². The maximum Gasteiger partial charge on any atom is 0.0679 e. The quantitative estimate of drug-likeness (QED) is 0.912. The van der Waals surface area contributed by atoms with Gasteiger partial charge in [0.1, 0.15) is 0 Å². The Bertz CT molecular complexity index is 546. The molecule has 0 aliphatic carbocycles. The van der Waals surface area contributed by atoms with Crippen molar-refractivity contribution in [3.8, 4) is 0 Å². The molecule has 0 amide bonds. The van der Waals surface area contributed by atoms with E-state index in [4.69, 9.17) is 0 Å². The molecule has 1 N–H and O–H groups in total. The number of rotatable bonds is 4. The standard InChI is InChI=1S/C16H21N3/c1-5-15-14(10-12(3)18-19-15)16(17-4)13-8-6-11(2)7-9-13/h6-10,16-17H,5H2,1-4H3. The molecule has 2 aromatic rings. The summed E-state index contributed by atoms with van der Waals surface area (Å²) in [7, 11) is 1.99. The lowest BCUT2D eigenvalue weighted by Gasteiger charge is -2.20. The average molecular weight is 255 g/mol. The molecular formula is C16H21N3. The first-order chi connectivity index (χ1) is 9.15. The summed E-state index contributed by atoms with van der Waals surface area (Å²) in [5.74, 6) is 0. The van der Waals surface area contributed by atoms with Crippen molar-refractivity contribution in [3.63, 3.8) is 0 Å². The van der Waals surface area contributed by atoms with E-state index < -0.39 is 0 Å². The summed E-state index contributed by atoms with van der Waals surface area (Å²) in [6.45, 7) is 6.20. The zero-order valence-corrected chi connectivity index (χ0v) is 12.1. The molecule has 1 heterocycles. The molecule has 0 saturated carbocycles. The van der Waals surface area contributed by atoms with Crippen LogP contribution in [0.15, 0.2) is 30.3 Å². The predicted octanol–water partition coefficient (Wildman–Crippen LogP) is 2.96. The third kappa shape index (κ3) is 2.99. The highest BCUT2D eigenvalue weighted by atomic mass is 15.1. The number of hydrogen-bond donors (Lipinski definition) is 1. The summed E-state index contributed by atoms with van der Waals surface area (Å²) in [6.07, 6.45) is 0.895. The second kappa shape index (κ2) is 5.93. The molecule has 100 valence electrons. The summed E-state index contributed by atoms with van der Waals surface area (Å²) >= 11 is 0. The lowest BCUT2D eigenvalue weighted by Crippen LogP contribution is -2.20. The van der Waals surface area contributed by atoms with Crippen molar-refractivity contribution in [2.45, 2.75) is 33.2 Å². The molecule has 2 rings (SSSR count). The SMILES string of the molecule is CCc1nnc(C)cc1C(NC)c1ccc(C)cc1. The van der Waals surface area contributed by atoms with Crippen LogP contribution in [0, 0.1) is 13.8 Å². The monoisotopic (exact) mass is 255 g/mol. The summed E-state index contributed by atoms with van der Waals surface area (Å²) in [5.41, 5.74) is 5.78. The molecule has 0 aliphatic heterocycles. The van der Waals surface area contributed by atoms with E-state index in [2.05, 4.69) is 59.7 Å². The van der Waals surface area contributed by atoms with Gasteiger partial charge in [0.25, 0.3) is 0 Å². The lowest BCUT2D eigenvalue weighted by atomic mass is 9.96. The molecule has 3 heteroatoms. The maximum atomic E-state index is 4.32. The maximum absolute atomic E-state index is 4.32. The molecule has 0 aliphatic rings. The number of nitrogens with zero attached hydrogens (tertiary/aromatic N) is 2. The van der Waals surface area contributed by atoms with Crippen molar-refractivity contribution in [2.24, 2.45) is 0 Å². The normalized spacial score (nSPS) is 12.4. The zero-order chi connectivity index (χ0) is 13.8. The minimum atomic E-state index is 0.171. The van der Waals surface area contributed by atoms with Crippen LogP contribution in [0.3, 0.4) is 0 Å². The largest absolute Gasteiger partial charge is 0.309 e. The Balaban J connectivity index is 2.47. The van der Waals surface area contributed by atoms with Gasteiger partial charge in [-0.2, -0.15) is 10.2 Å². The van der Waals surface area contributed by atoms with E-state index in [0.717, 1.165) is 17.8 Å². The smallest absolute Gasteiger partial charge is 0.0679 e. The highest BCUT2D eigenvalue weighted by Gasteiger charge is 2.16. The molecule has 0 radical (unpaired) electrons. The van der Waals surface area contributed by atoms with Gasteiger partial charge in [-0.25, -0.2) is 0 Å². The molecule has 0 fully saturated rings. The van der Waals surface area contributed by atoms with Gasteiger partial charge in [-0.05, 0) is 44.5 Å². The van der Waals surface area contributed by atoms with Gasteiger partial charge < -0.3 is 5.32 Å². The molecular weight excluding hydrogens is 234 g/mol. The van der Waals surface area contributed by atoms with Crippen LogP contribution in [0.25, 0.3) is 0 Å². The van der Waals surface area contributed by atoms with E-state index in [1.54, 1.807) is 0 Å². The van der Waals surface area contributed by atoms with Crippen LogP contribution in [0.2, 0.25) is 0 Å². The van der Waals surface area contributed by atoms with Crippen molar-refractivity contribution in [3.05, 3.63) is 58.4 Å². The van der Waals surface area contributed by atoms with Gasteiger partial charge in [0.2, 0.25) is 0 Å². The minimum absolute atomic E-state index is 0.171. The number of benzene rings is 1. The molecule has 0 spiro atoms. The first-order valence-electron chi connectivity index (χ1n) is 6.72. The van der Waals surface area contributed by atoms with Crippen molar-refractivity contribution < 1.29 is 0 Å². The first-order valence-corrected chi connectivity index (χ1v) is 6.72. The molecule has 1 aromatic heterocycles. The van der Waals surface area contributed by atoms with Crippen LogP contribution in [-0.2, 0) is 6.42 Å². The van der Waals surface area contributed by atoms with Gasteiger partial charge in [-0.15, -0.1) is 0 Å². The van der Waals surface area contributed by atoms with Crippen molar-refractivity contribution in [1.29, 1.82) is 0 Å². The van der Waals surface area contributed by atoms with Gasteiger partial charge in [0, 0.05) is 0 Å². The van der Waals surface area contributed by atoms with Gasteiger partial charge in [-0.3, -0.25) is 0 Å². The Labute approximate surface area is 115 Å². The zero-order valence-electron chi connectivity index (χ0n) is 12.1. The van der Waals surface area contributed by atoms with Crippen LogP contribution in [-0.4, -0.2) is 17.2 Å². The van der Waals surface area contributed by atoms with Gasteiger partial charge >= 0.3 is 0 Å². The summed E-state index contributed by atoms with van der Waals surface area (Å²) in [6, 6.07) is 10.9. The Kier molecular flexibility index (Phi) is 4.27. The fourth-order valence-corrected chi connectivity index (χ4v) is 2.32. The van der Waals surface area contributed by atoms with Gasteiger partial charge in [0.05, 0.1) is 17.4 Å². The van der Waals surface area contributed by atoms with Crippen LogP contribution >= 0.6 is 0 Å². The van der Waals surface area contributed by atoms with Crippen molar-refractivity contribution in [2.75, 3.05) is 7.05 Å². The van der Waals surface area contributed by atoms with E-state index in [9.17, 15) is 0 Å². The van der Waals surface area contributed by atoms with Crippen molar-refractivity contribution in [1.82, 2.24) is 15.5 Å². The second-order valence-corrected chi connectivity index (χ2v) is 4.87. The van der Waals surface area contributed by atoms with Gasteiger partial charge in [-0.1, -0.05) is 36.8 Å². The molecule has 1 unspecified atom stereocenters. The Morgan fingerprint density at radius 1 is 1.11 bits per heavy atom. The van der Waals surface area contributed by atoms with E-state index in [0.29, 0.717) is 0 Å². The fourth-order valence-electron chi connectivity index (χ4n) is 2.32. The minimum Gasteiger partial charge on any atom is -0.309 e. The summed E-state index contributed by atoms with van der Waals surface area (Å²) in [4.78, 5) is 0. The summed E-state index contributed by atoms with van der Waals surface area (Å²) < 4.78 is 0.